The highest BCUT2D eigenvalue weighted by atomic mass is 16.5. The quantitative estimate of drug-likeness (QED) is 0.684. The predicted octanol–water partition coefficient (Wildman–Crippen LogP) is 1.63. The first-order valence-electron chi connectivity index (χ1n) is 6.05. The van der Waals surface area contributed by atoms with Crippen LogP contribution in [0.15, 0.2) is 0 Å². The maximum Gasteiger partial charge on any atom is 0.169 e. The second-order valence-corrected chi connectivity index (χ2v) is 3.86. The zero-order valence-corrected chi connectivity index (χ0v) is 10.3. The summed E-state index contributed by atoms with van der Waals surface area (Å²) in [5.74, 6) is 0.551. The summed E-state index contributed by atoms with van der Waals surface area (Å²) in [6.45, 7) is 6.52. The number of nitrogens with zero attached hydrogens (tertiary/aromatic N) is 3. The predicted molar refractivity (Wildman–Crippen MR) is 64.2 cm³/mol. The molecule has 1 aromatic heterocycles. The van der Waals surface area contributed by atoms with E-state index in [0.717, 1.165) is 44.5 Å². The molecule has 0 aliphatic heterocycles. The van der Waals surface area contributed by atoms with E-state index in [0.29, 0.717) is 12.4 Å². The minimum atomic E-state index is 0.551. The normalized spacial score (nSPS) is 10.9. The number of ether oxygens (including phenoxy) is 1. The van der Waals surface area contributed by atoms with Gasteiger partial charge in [-0.2, -0.15) is 0 Å². The van der Waals surface area contributed by atoms with Crippen molar-refractivity contribution in [3.05, 3.63) is 5.69 Å². The maximum absolute atomic E-state index is 5.74. The van der Waals surface area contributed by atoms with E-state index in [1.807, 2.05) is 4.68 Å². The molecule has 0 unspecified atom stereocenters. The van der Waals surface area contributed by atoms with Crippen LogP contribution in [0, 0.1) is 0 Å². The molecule has 5 heteroatoms. The van der Waals surface area contributed by atoms with Crippen LogP contribution in [0.3, 0.4) is 0 Å². The molecule has 5 nitrogen and oxygen atoms in total. The lowest BCUT2D eigenvalue weighted by Gasteiger charge is -2.06. The van der Waals surface area contributed by atoms with E-state index in [1.54, 1.807) is 0 Å². The van der Waals surface area contributed by atoms with Crippen molar-refractivity contribution in [3.8, 4) is 0 Å². The second-order valence-electron chi connectivity index (χ2n) is 3.86. The Balaban J connectivity index is 2.35. The van der Waals surface area contributed by atoms with Gasteiger partial charge in [0.15, 0.2) is 5.82 Å². The average molecular weight is 226 g/mol. The zero-order valence-electron chi connectivity index (χ0n) is 10.3. The summed E-state index contributed by atoms with van der Waals surface area (Å²) in [6.07, 6.45) is 4.25. The lowest BCUT2D eigenvalue weighted by Crippen LogP contribution is -2.11. The Morgan fingerprint density at radius 1 is 1.25 bits per heavy atom. The average Bonchev–Trinajstić information content (AvgIpc) is 2.62. The Labute approximate surface area is 97.0 Å². The van der Waals surface area contributed by atoms with Crippen molar-refractivity contribution in [1.29, 1.82) is 0 Å². The molecule has 1 rings (SSSR count). The standard InChI is InChI=1S/C11H22N4O/c1-3-5-8-16-9-7-15-10(6-4-2)11(12)13-14-15/h3-9,12H2,1-2H3. The summed E-state index contributed by atoms with van der Waals surface area (Å²) in [5.41, 5.74) is 6.77. The summed E-state index contributed by atoms with van der Waals surface area (Å²) < 4.78 is 7.34. The van der Waals surface area contributed by atoms with Crippen molar-refractivity contribution < 1.29 is 4.74 Å². The zero-order chi connectivity index (χ0) is 11.8. The molecular weight excluding hydrogens is 204 g/mol. The van der Waals surface area contributed by atoms with Crippen LogP contribution in [-0.2, 0) is 17.7 Å². The lowest BCUT2D eigenvalue weighted by atomic mass is 10.2. The number of anilines is 1. The third-order valence-corrected chi connectivity index (χ3v) is 2.44. The smallest absolute Gasteiger partial charge is 0.169 e. The number of rotatable bonds is 8. The van der Waals surface area contributed by atoms with E-state index in [4.69, 9.17) is 10.5 Å². The third kappa shape index (κ3) is 3.81. The van der Waals surface area contributed by atoms with Gasteiger partial charge in [0.2, 0.25) is 0 Å². The summed E-state index contributed by atoms with van der Waals surface area (Å²) in [6, 6.07) is 0. The van der Waals surface area contributed by atoms with Crippen LogP contribution < -0.4 is 5.73 Å². The van der Waals surface area contributed by atoms with E-state index < -0.39 is 0 Å². The van der Waals surface area contributed by atoms with Gasteiger partial charge in [0.25, 0.3) is 0 Å². The van der Waals surface area contributed by atoms with Gasteiger partial charge in [0.1, 0.15) is 0 Å². The first-order chi connectivity index (χ1) is 7.79. The number of unbranched alkanes of at least 4 members (excludes halogenated alkanes) is 1. The van der Waals surface area contributed by atoms with Gasteiger partial charge in [-0.25, -0.2) is 4.68 Å². The van der Waals surface area contributed by atoms with Crippen molar-refractivity contribution in [2.24, 2.45) is 0 Å². The molecule has 0 atom stereocenters. The topological polar surface area (TPSA) is 66.0 Å². The van der Waals surface area contributed by atoms with Crippen molar-refractivity contribution >= 4 is 5.82 Å². The number of aromatic nitrogens is 3. The molecule has 0 saturated carbocycles. The van der Waals surface area contributed by atoms with E-state index >= 15 is 0 Å². The summed E-state index contributed by atoms with van der Waals surface area (Å²) in [5, 5.41) is 7.90. The molecule has 0 aliphatic carbocycles. The molecular formula is C11H22N4O. The lowest BCUT2D eigenvalue weighted by molar-refractivity contribution is 0.120. The molecule has 92 valence electrons. The first kappa shape index (κ1) is 13.0. The van der Waals surface area contributed by atoms with E-state index in [2.05, 4.69) is 24.2 Å². The molecule has 0 amide bonds. The van der Waals surface area contributed by atoms with Crippen molar-refractivity contribution in [1.82, 2.24) is 15.0 Å². The molecule has 0 aliphatic rings. The molecule has 2 N–H and O–H groups in total. The molecule has 0 bridgehead atoms. The molecule has 0 aromatic carbocycles. The van der Waals surface area contributed by atoms with Gasteiger partial charge >= 0.3 is 0 Å². The largest absolute Gasteiger partial charge is 0.381 e. The highest BCUT2D eigenvalue weighted by Crippen LogP contribution is 2.09. The highest BCUT2D eigenvalue weighted by Gasteiger charge is 2.08. The number of hydrogen-bond donors (Lipinski definition) is 1. The molecule has 0 radical (unpaired) electrons. The molecule has 16 heavy (non-hydrogen) atoms. The van der Waals surface area contributed by atoms with Gasteiger partial charge < -0.3 is 10.5 Å². The fraction of sp³-hybridized carbons (Fsp3) is 0.818. The molecule has 1 heterocycles. The van der Waals surface area contributed by atoms with Crippen LogP contribution in [0.5, 0.6) is 0 Å². The van der Waals surface area contributed by atoms with Crippen LogP contribution >= 0.6 is 0 Å². The summed E-state index contributed by atoms with van der Waals surface area (Å²) in [4.78, 5) is 0. The van der Waals surface area contributed by atoms with Crippen LogP contribution in [-0.4, -0.2) is 28.2 Å². The van der Waals surface area contributed by atoms with Crippen molar-refractivity contribution in [3.63, 3.8) is 0 Å². The van der Waals surface area contributed by atoms with Gasteiger partial charge in [0.05, 0.1) is 18.8 Å². The highest BCUT2D eigenvalue weighted by molar-refractivity contribution is 5.32. The van der Waals surface area contributed by atoms with Crippen LogP contribution in [0.1, 0.15) is 38.8 Å². The summed E-state index contributed by atoms with van der Waals surface area (Å²) in [7, 11) is 0. The third-order valence-electron chi connectivity index (χ3n) is 2.44. The number of hydrogen-bond acceptors (Lipinski definition) is 4. The molecule has 0 fully saturated rings. The van der Waals surface area contributed by atoms with E-state index in [1.165, 1.54) is 0 Å². The first-order valence-corrected chi connectivity index (χ1v) is 6.05. The maximum atomic E-state index is 5.74. The van der Waals surface area contributed by atoms with E-state index in [9.17, 15) is 0 Å². The van der Waals surface area contributed by atoms with Crippen LogP contribution in [0.25, 0.3) is 0 Å². The fourth-order valence-electron chi connectivity index (χ4n) is 1.52. The Morgan fingerprint density at radius 3 is 2.75 bits per heavy atom. The number of nitrogen functional groups attached to an aromatic ring is 1. The Hall–Kier alpha value is -1.10. The van der Waals surface area contributed by atoms with Crippen LogP contribution in [0.4, 0.5) is 5.82 Å². The van der Waals surface area contributed by atoms with E-state index in [-0.39, 0.29) is 0 Å². The van der Waals surface area contributed by atoms with Crippen molar-refractivity contribution in [2.45, 2.75) is 46.1 Å². The van der Waals surface area contributed by atoms with Gasteiger partial charge in [0, 0.05) is 6.61 Å². The molecule has 0 saturated heterocycles. The van der Waals surface area contributed by atoms with Gasteiger partial charge in [-0.15, -0.1) is 5.10 Å². The molecule has 1 aromatic rings. The van der Waals surface area contributed by atoms with Crippen LogP contribution in [0.2, 0.25) is 0 Å². The van der Waals surface area contributed by atoms with Gasteiger partial charge in [-0.3, -0.25) is 0 Å². The Morgan fingerprint density at radius 2 is 2.06 bits per heavy atom. The molecule has 0 spiro atoms. The minimum absolute atomic E-state index is 0.551. The second kappa shape index (κ2) is 7.22. The SMILES string of the molecule is CCCCOCCn1nnc(N)c1CCC. The minimum Gasteiger partial charge on any atom is -0.381 e. The van der Waals surface area contributed by atoms with Crippen molar-refractivity contribution in [2.75, 3.05) is 18.9 Å². The number of nitrogens with two attached hydrogens (primary N) is 1. The van der Waals surface area contributed by atoms with Gasteiger partial charge in [-0.1, -0.05) is 31.9 Å². The monoisotopic (exact) mass is 226 g/mol. The van der Waals surface area contributed by atoms with Gasteiger partial charge in [-0.05, 0) is 12.8 Å². The Kier molecular flexibility index (Phi) is 5.85. The summed E-state index contributed by atoms with van der Waals surface area (Å²) >= 11 is 0. The Bertz CT molecular complexity index is 298. The fourth-order valence-corrected chi connectivity index (χ4v) is 1.52.